The molecule has 1 rings (SSSR count). The predicted octanol–water partition coefficient (Wildman–Crippen LogP) is 2.24. The molecular weight excluding hydrogens is 268 g/mol. The maximum absolute atomic E-state index is 12.2. The first-order valence-electron chi connectivity index (χ1n) is 8.04. The first-order chi connectivity index (χ1) is 9.84. The molecule has 0 radical (unpaired) electrons. The molecule has 5 nitrogen and oxygen atoms in total. The van der Waals surface area contributed by atoms with Gasteiger partial charge in [-0.3, -0.25) is 9.59 Å². The number of nitrogens with two attached hydrogens (primary N) is 1. The molecule has 0 spiro atoms. The minimum absolute atomic E-state index is 0.129. The average Bonchev–Trinajstić information content (AvgIpc) is 2.43. The van der Waals surface area contributed by atoms with Crippen molar-refractivity contribution in [2.75, 3.05) is 19.6 Å². The Hall–Kier alpha value is -1.10. The van der Waals surface area contributed by atoms with Gasteiger partial charge >= 0.3 is 5.97 Å². The molecule has 0 aromatic heterocycles. The summed E-state index contributed by atoms with van der Waals surface area (Å²) >= 11 is 0. The van der Waals surface area contributed by atoms with E-state index < -0.39 is 5.97 Å². The topological polar surface area (TPSA) is 83.6 Å². The number of carboxylic acid groups (broad SMARTS) is 1. The van der Waals surface area contributed by atoms with Crippen LogP contribution in [0.5, 0.6) is 0 Å². The standard InChI is InChI=1S/C16H30N2O3/c1-16(2,9-10-17)8-5-14(19)18-11-6-13(7-12-18)3-4-15(20)21/h13H,3-12,17H2,1-2H3,(H,20,21). The molecule has 0 atom stereocenters. The van der Waals surface area contributed by atoms with Crippen LogP contribution in [0.4, 0.5) is 0 Å². The number of carbonyl (C=O) groups is 2. The quantitative estimate of drug-likeness (QED) is 0.720. The zero-order chi connectivity index (χ0) is 15.9. The molecule has 0 aromatic carbocycles. The summed E-state index contributed by atoms with van der Waals surface area (Å²) in [5.74, 6) is -0.0359. The first-order valence-corrected chi connectivity index (χ1v) is 8.04. The van der Waals surface area contributed by atoms with Crippen LogP contribution in [0.3, 0.4) is 0 Å². The van der Waals surface area contributed by atoms with E-state index in [1.807, 2.05) is 4.90 Å². The second-order valence-corrected chi connectivity index (χ2v) is 6.96. The van der Waals surface area contributed by atoms with Crippen LogP contribution in [0.15, 0.2) is 0 Å². The van der Waals surface area contributed by atoms with E-state index >= 15 is 0 Å². The molecule has 1 aliphatic heterocycles. The molecule has 5 heteroatoms. The van der Waals surface area contributed by atoms with Gasteiger partial charge in [0.15, 0.2) is 0 Å². The van der Waals surface area contributed by atoms with Crippen LogP contribution in [-0.2, 0) is 9.59 Å². The summed E-state index contributed by atoms with van der Waals surface area (Å²) in [6.45, 7) is 6.54. The molecule has 1 amide bonds. The Morgan fingerprint density at radius 1 is 1.19 bits per heavy atom. The van der Waals surface area contributed by atoms with Crippen molar-refractivity contribution in [1.29, 1.82) is 0 Å². The summed E-state index contributed by atoms with van der Waals surface area (Å²) in [5.41, 5.74) is 5.72. The second kappa shape index (κ2) is 8.37. The van der Waals surface area contributed by atoms with Crippen LogP contribution in [0.2, 0.25) is 0 Å². The van der Waals surface area contributed by atoms with Gasteiger partial charge in [-0.15, -0.1) is 0 Å². The lowest BCUT2D eigenvalue weighted by Gasteiger charge is -2.33. The van der Waals surface area contributed by atoms with E-state index in [0.717, 1.165) is 45.2 Å². The highest BCUT2D eigenvalue weighted by atomic mass is 16.4. The number of likely N-dealkylation sites (tertiary alicyclic amines) is 1. The SMILES string of the molecule is CC(C)(CCN)CCC(=O)N1CCC(CCC(=O)O)CC1. The number of carboxylic acids is 1. The molecule has 1 saturated heterocycles. The third-order valence-electron chi connectivity index (χ3n) is 4.57. The lowest BCUT2D eigenvalue weighted by molar-refractivity contribution is -0.138. The molecule has 1 aliphatic rings. The van der Waals surface area contributed by atoms with E-state index in [0.29, 0.717) is 18.9 Å². The highest BCUT2D eigenvalue weighted by Crippen LogP contribution is 2.27. The number of amides is 1. The Morgan fingerprint density at radius 3 is 2.33 bits per heavy atom. The zero-order valence-electron chi connectivity index (χ0n) is 13.4. The molecule has 0 aromatic rings. The van der Waals surface area contributed by atoms with Gasteiger partial charge in [0.25, 0.3) is 0 Å². The molecule has 21 heavy (non-hydrogen) atoms. The highest BCUT2D eigenvalue weighted by Gasteiger charge is 2.25. The fourth-order valence-corrected chi connectivity index (χ4v) is 2.92. The Morgan fingerprint density at radius 2 is 1.81 bits per heavy atom. The largest absolute Gasteiger partial charge is 0.481 e. The molecule has 3 N–H and O–H groups in total. The van der Waals surface area contributed by atoms with Crippen molar-refractivity contribution in [2.45, 2.75) is 58.8 Å². The Balaban J connectivity index is 2.27. The van der Waals surface area contributed by atoms with E-state index in [-0.39, 0.29) is 17.7 Å². The Bertz CT molecular complexity index is 347. The lowest BCUT2D eigenvalue weighted by Crippen LogP contribution is -2.39. The van der Waals surface area contributed by atoms with Gasteiger partial charge in [0.1, 0.15) is 0 Å². The van der Waals surface area contributed by atoms with E-state index in [1.54, 1.807) is 0 Å². The molecular formula is C16H30N2O3. The average molecular weight is 298 g/mol. The highest BCUT2D eigenvalue weighted by molar-refractivity contribution is 5.76. The minimum Gasteiger partial charge on any atom is -0.481 e. The van der Waals surface area contributed by atoms with Crippen molar-refractivity contribution in [1.82, 2.24) is 4.90 Å². The van der Waals surface area contributed by atoms with Gasteiger partial charge in [-0.05, 0) is 50.0 Å². The molecule has 0 unspecified atom stereocenters. The van der Waals surface area contributed by atoms with Crippen molar-refractivity contribution in [3.05, 3.63) is 0 Å². The summed E-state index contributed by atoms with van der Waals surface area (Å²) in [6.07, 6.45) is 5.26. The zero-order valence-corrected chi connectivity index (χ0v) is 13.4. The third kappa shape index (κ3) is 6.93. The van der Waals surface area contributed by atoms with Gasteiger partial charge in [0.2, 0.25) is 5.91 Å². The lowest BCUT2D eigenvalue weighted by atomic mass is 9.84. The van der Waals surface area contributed by atoms with Crippen LogP contribution >= 0.6 is 0 Å². The summed E-state index contributed by atoms with van der Waals surface area (Å²) in [4.78, 5) is 24.7. The third-order valence-corrected chi connectivity index (χ3v) is 4.57. The van der Waals surface area contributed by atoms with E-state index in [1.165, 1.54) is 0 Å². The maximum atomic E-state index is 12.2. The van der Waals surface area contributed by atoms with Gasteiger partial charge in [-0.1, -0.05) is 13.8 Å². The molecule has 1 heterocycles. The molecule has 0 aliphatic carbocycles. The van der Waals surface area contributed by atoms with Gasteiger partial charge in [0.05, 0.1) is 0 Å². The normalized spacial score (nSPS) is 17.0. The minimum atomic E-state index is -0.726. The van der Waals surface area contributed by atoms with E-state index in [9.17, 15) is 9.59 Å². The van der Waals surface area contributed by atoms with E-state index in [4.69, 9.17) is 10.8 Å². The number of hydrogen-bond donors (Lipinski definition) is 2. The molecule has 122 valence electrons. The van der Waals surface area contributed by atoms with Crippen LogP contribution in [-0.4, -0.2) is 41.5 Å². The molecule has 1 fully saturated rings. The summed E-state index contributed by atoms with van der Waals surface area (Å²) in [6, 6.07) is 0. The first kappa shape index (κ1) is 18.0. The summed E-state index contributed by atoms with van der Waals surface area (Å²) in [7, 11) is 0. The number of hydrogen-bond acceptors (Lipinski definition) is 3. The fourth-order valence-electron chi connectivity index (χ4n) is 2.92. The number of carbonyl (C=O) groups excluding carboxylic acids is 1. The number of rotatable bonds is 8. The summed E-state index contributed by atoms with van der Waals surface area (Å²) < 4.78 is 0. The van der Waals surface area contributed by atoms with Crippen molar-refractivity contribution >= 4 is 11.9 Å². The number of nitrogens with zero attached hydrogens (tertiary/aromatic N) is 1. The molecule has 0 saturated carbocycles. The van der Waals surface area contributed by atoms with Gasteiger partial charge in [0, 0.05) is 25.9 Å². The number of piperidine rings is 1. The van der Waals surface area contributed by atoms with Crippen LogP contribution in [0.25, 0.3) is 0 Å². The van der Waals surface area contributed by atoms with Crippen LogP contribution in [0.1, 0.15) is 58.8 Å². The molecule has 0 bridgehead atoms. The predicted molar refractivity (Wildman–Crippen MR) is 82.9 cm³/mol. The summed E-state index contributed by atoms with van der Waals surface area (Å²) in [5, 5.41) is 8.70. The van der Waals surface area contributed by atoms with Crippen LogP contribution < -0.4 is 5.73 Å². The smallest absolute Gasteiger partial charge is 0.303 e. The van der Waals surface area contributed by atoms with Crippen molar-refractivity contribution in [2.24, 2.45) is 17.1 Å². The maximum Gasteiger partial charge on any atom is 0.303 e. The van der Waals surface area contributed by atoms with Crippen molar-refractivity contribution in [3.63, 3.8) is 0 Å². The van der Waals surface area contributed by atoms with Crippen LogP contribution in [0, 0.1) is 11.3 Å². The van der Waals surface area contributed by atoms with E-state index in [2.05, 4.69) is 13.8 Å². The number of aliphatic carboxylic acids is 1. The van der Waals surface area contributed by atoms with Crippen molar-refractivity contribution < 1.29 is 14.7 Å². The van der Waals surface area contributed by atoms with Gasteiger partial charge < -0.3 is 15.7 Å². The Labute approximate surface area is 127 Å². The van der Waals surface area contributed by atoms with Crippen molar-refractivity contribution in [3.8, 4) is 0 Å². The Kier molecular flexibility index (Phi) is 7.15. The monoisotopic (exact) mass is 298 g/mol. The second-order valence-electron chi connectivity index (χ2n) is 6.96. The van der Waals surface area contributed by atoms with Gasteiger partial charge in [-0.2, -0.15) is 0 Å². The van der Waals surface area contributed by atoms with Gasteiger partial charge in [-0.25, -0.2) is 0 Å². The fraction of sp³-hybridized carbons (Fsp3) is 0.875.